The molecule has 0 radical (unpaired) electrons. The zero-order valence-corrected chi connectivity index (χ0v) is 16.2. The molecule has 0 aromatic heterocycles. The average Bonchev–Trinajstić information content (AvgIpc) is 2.74. The molecule has 0 aliphatic carbocycles. The van der Waals surface area contributed by atoms with Crippen molar-refractivity contribution in [3.8, 4) is 5.75 Å². The van der Waals surface area contributed by atoms with E-state index in [-0.39, 0.29) is 11.8 Å². The molecular weight excluding hydrogens is 359 g/mol. The van der Waals surface area contributed by atoms with Crippen LogP contribution in [0.3, 0.4) is 0 Å². The van der Waals surface area contributed by atoms with Gasteiger partial charge in [-0.2, -0.15) is 0 Å². The molecule has 2 N–H and O–H groups in total. The first kappa shape index (κ1) is 19.9. The van der Waals surface area contributed by atoms with E-state index in [2.05, 4.69) is 32.6 Å². The lowest BCUT2D eigenvalue weighted by Gasteiger charge is -2.36. The first-order chi connectivity index (χ1) is 13.6. The summed E-state index contributed by atoms with van der Waals surface area (Å²) in [5.74, 6) is 0.589. The van der Waals surface area contributed by atoms with Gasteiger partial charge in [-0.25, -0.2) is 9.18 Å². The van der Waals surface area contributed by atoms with Gasteiger partial charge in [0.05, 0.1) is 7.11 Å². The number of ether oxygens (including phenoxy) is 1. The van der Waals surface area contributed by atoms with Gasteiger partial charge in [0.1, 0.15) is 11.6 Å². The highest BCUT2D eigenvalue weighted by molar-refractivity contribution is 5.73. The van der Waals surface area contributed by atoms with Gasteiger partial charge in [0, 0.05) is 51.5 Å². The molecule has 3 rings (SSSR count). The number of nitrogens with zero attached hydrogens (tertiary/aromatic N) is 2. The molecule has 6 nitrogen and oxygen atoms in total. The maximum absolute atomic E-state index is 12.9. The number of rotatable bonds is 7. The monoisotopic (exact) mass is 386 g/mol. The van der Waals surface area contributed by atoms with Gasteiger partial charge in [-0.05, 0) is 42.0 Å². The van der Waals surface area contributed by atoms with Crippen molar-refractivity contribution in [1.29, 1.82) is 0 Å². The van der Waals surface area contributed by atoms with Crippen LogP contribution >= 0.6 is 0 Å². The van der Waals surface area contributed by atoms with Gasteiger partial charge in [-0.3, -0.25) is 4.90 Å². The Morgan fingerprint density at radius 1 is 1.00 bits per heavy atom. The summed E-state index contributed by atoms with van der Waals surface area (Å²) in [5.41, 5.74) is 2.07. The number of methoxy groups -OCH3 is 1. The number of urea groups is 1. The molecule has 0 spiro atoms. The lowest BCUT2D eigenvalue weighted by atomic mass is 10.2. The van der Waals surface area contributed by atoms with Crippen molar-refractivity contribution in [3.05, 3.63) is 59.9 Å². The number of amides is 2. The normalized spacial score (nSPS) is 14.6. The van der Waals surface area contributed by atoms with Crippen molar-refractivity contribution in [3.63, 3.8) is 0 Å². The zero-order valence-electron chi connectivity index (χ0n) is 16.2. The van der Waals surface area contributed by atoms with Crippen LogP contribution in [0.15, 0.2) is 48.5 Å². The Balaban J connectivity index is 1.31. The van der Waals surface area contributed by atoms with Crippen molar-refractivity contribution in [1.82, 2.24) is 15.5 Å². The predicted molar refractivity (Wildman–Crippen MR) is 108 cm³/mol. The Hall–Kier alpha value is -2.80. The molecule has 28 heavy (non-hydrogen) atoms. The Morgan fingerprint density at radius 3 is 2.32 bits per heavy atom. The maximum Gasteiger partial charge on any atom is 0.315 e. The minimum atomic E-state index is -0.278. The van der Waals surface area contributed by atoms with Crippen LogP contribution in [0.25, 0.3) is 0 Å². The minimum absolute atomic E-state index is 0.207. The summed E-state index contributed by atoms with van der Waals surface area (Å²) in [5, 5.41) is 5.66. The number of carbonyl (C=O) groups is 1. The number of nitrogens with one attached hydrogen (secondary N) is 2. The van der Waals surface area contributed by atoms with Crippen LogP contribution in [0.1, 0.15) is 5.56 Å². The Morgan fingerprint density at radius 2 is 1.68 bits per heavy atom. The van der Waals surface area contributed by atoms with Gasteiger partial charge in [0.15, 0.2) is 0 Å². The number of carbonyl (C=O) groups excluding carboxylic acids is 1. The molecule has 0 unspecified atom stereocenters. The van der Waals surface area contributed by atoms with Crippen LogP contribution in [0.5, 0.6) is 5.75 Å². The topological polar surface area (TPSA) is 56.8 Å². The van der Waals surface area contributed by atoms with Crippen molar-refractivity contribution >= 4 is 11.7 Å². The summed E-state index contributed by atoms with van der Waals surface area (Å²) in [6, 6.07) is 14.0. The fourth-order valence-electron chi connectivity index (χ4n) is 3.20. The predicted octanol–water partition coefficient (Wildman–Crippen LogP) is 2.46. The van der Waals surface area contributed by atoms with Gasteiger partial charge in [0.2, 0.25) is 0 Å². The van der Waals surface area contributed by atoms with Crippen LogP contribution in [-0.2, 0) is 6.54 Å². The average molecular weight is 386 g/mol. The summed E-state index contributed by atoms with van der Waals surface area (Å²) < 4.78 is 18.1. The van der Waals surface area contributed by atoms with Crippen LogP contribution < -0.4 is 20.3 Å². The molecule has 2 amide bonds. The lowest BCUT2D eigenvalue weighted by Crippen LogP contribution is -2.49. The van der Waals surface area contributed by atoms with Crippen molar-refractivity contribution in [2.24, 2.45) is 0 Å². The van der Waals surface area contributed by atoms with Gasteiger partial charge < -0.3 is 20.3 Å². The van der Waals surface area contributed by atoms with E-state index in [1.807, 2.05) is 12.1 Å². The summed E-state index contributed by atoms with van der Waals surface area (Å²) in [4.78, 5) is 16.6. The van der Waals surface area contributed by atoms with Crippen molar-refractivity contribution in [2.75, 3.05) is 51.3 Å². The van der Waals surface area contributed by atoms with Gasteiger partial charge in [0.25, 0.3) is 0 Å². The lowest BCUT2D eigenvalue weighted by molar-refractivity contribution is 0.231. The number of hydrogen-bond donors (Lipinski definition) is 2. The first-order valence-corrected chi connectivity index (χ1v) is 9.51. The second-order valence-electron chi connectivity index (χ2n) is 6.76. The van der Waals surface area contributed by atoms with E-state index in [9.17, 15) is 9.18 Å². The number of halogens is 1. The van der Waals surface area contributed by atoms with Gasteiger partial charge in [-0.1, -0.05) is 12.1 Å². The third-order valence-corrected chi connectivity index (χ3v) is 4.89. The summed E-state index contributed by atoms with van der Waals surface area (Å²) >= 11 is 0. The van der Waals surface area contributed by atoms with E-state index in [4.69, 9.17) is 4.74 Å². The van der Waals surface area contributed by atoms with Crippen LogP contribution in [0, 0.1) is 5.82 Å². The van der Waals surface area contributed by atoms with Gasteiger partial charge in [-0.15, -0.1) is 0 Å². The fraction of sp³-hybridized carbons (Fsp3) is 0.381. The quantitative estimate of drug-likeness (QED) is 0.768. The smallest absolute Gasteiger partial charge is 0.315 e. The number of benzene rings is 2. The Bertz CT molecular complexity index is 744. The summed E-state index contributed by atoms with van der Waals surface area (Å²) in [6.07, 6.45) is 0. The van der Waals surface area contributed by atoms with Crippen LogP contribution in [0.4, 0.5) is 14.9 Å². The van der Waals surface area contributed by atoms with Crippen LogP contribution in [0.2, 0.25) is 0 Å². The van der Waals surface area contributed by atoms with Crippen molar-refractivity contribution in [2.45, 2.75) is 6.54 Å². The van der Waals surface area contributed by atoms with Crippen molar-refractivity contribution < 1.29 is 13.9 Å². The van der Waals surface area contributed by atoms with E-state index in [1.54, 1.807) is 19.2 Å². The number of piperazine rings is 1. The molecule has 7 heteroatoms. The summed E-state index contributed by atoms with van der Waals surface area (Å²) in [7, 11) is 1.67. The third kappa shape index (κ3) is 5.85. The number of hydrogen-bond acceptors (Lipinski definition) is 4. The van der Waals surface area contributed by atoms with Gasteiger partial charge >= 0.3 is 6.03 Å². The molecule has 1 fully saturated rings. The molecule has 0 atom stereocenters. The van der Waals surface area contributed by atoms with E-state index in [0.29, 0.717) is 13.1 Å². The molecule has 2 aromatic carbocycles. The van der Waals surface area contributed by atoms with E-state index in [1.165, 1.54) is 17.8 Å². The molecular formula is C21H27FN4O2. The molecule has 1 saturated heterocycles. The Labute approximate surface area is 165 Å². The second kappa shape index (κ2) is 9.94. The molecule has 1 aliphatic heterocycles. The first-order valence-electron chi connectivity index (χ1n) is 9.51. The SMILES string of the molecule is COc1ccc(N2CCN(CCNC(=O)NCc3ccc(F)cc3)CC2)cc1. The second-order valence-corrected chi connectivity index (χ2v) is 6.76. The zero-order chi connectivity index (χ0) is 19.8. The molecule has 150 valence electrons. The largest absolute Gasteiger partial charge is 0.497 e. The number of anilines is 1. The molecule has 2 aromatic rings. The van der Waals surface area contributed by atoms with E-state index in [0.717, 1.165) is 44.0 Å². The minimum Gasteiger partial charge on any atom is -0.497 e. The van der Waals surface area contributed by atoms with Crippen LogP contribution in [-0.4, -0.2) is 57.3 Å². The standard InChI is InChI=1S/C21H27FN4O2/c1-28-20-8-6-19(7-9-20)26-14-12-25(13-15-26)11-10-23-21(27)24-16-17-2-4-18(22)5-3-17/h2-9H,10-16H2,1H3,(H2,23,24,27). The summed E-state index contributed by atoms with van der Waals surface area (Å²) in [6.45, 7) is 5.65. The third-order valence-electron chi connectivity index (χ3n) is 4.89. The fourth-order valence-corrected chi connectivity index (χ4v) is 3.20. The highest BCUT2D eigenvalue weighted by atomic mass is 19.1. The Kier molecular flexibility index (Phi) is 7.08. The molecule has 1 aliphatic rings. The maximum atomic E-state index is 12.9. The highest BCUT2D eigenvalue weighted by Crippen LogP contribution is 2.20. The molecule has 0 saturated carbocycles. The molecule has 1 heterocycles. The van der Waals surface area contributed by atoms with E-state index >= 15 is 0 Å². The molecule has 0 bridgehead atoms. The highest BCUT2D eigenvalue weighted by Gasteiger charge is 2.17. The van der Waals surface area contributed by atoms with E-state index < -0.39 is 0 Å².